The molecule has 1 aliphatic carbocycles. The van der Waals surface area contributed by atoms with Crippen LogP contribution in [0.1, 0.15) is 57.4 Å². The van der Waals surface area contributed by atoms with Gasteiger partial charge in [-0.25, -0.2) is 0 Å². The number of allylic oxidation sites excluding steroid dienone is 1. The number of fused-ring (bicyclic) bond motifs is 4. The van der Waals surface area contributed by atoms with Crippen LogP contribution in [0, 0.1) is 0 Å². The molecule has 3 unspecified atom stereocenters. The fourth-order valence-corrected chi connectivity index (χ4v) is 7.66. The van der Waals surface area contributed by atoms with Crippen molar-refractivity contribution < 1.29 is 0 Å². The van der Waals surface area contributed by atoms with Crippen LogP contribution < -0.4 is 16.0 Å². The molecule has 0 saturated heterocycles. The van der Waals surface area contributed by atoms with Crippen LogP contribution in [0.5, 0.6) is 0 Å². The van der Waals surface area contributed by atoms with Crippen LogP contribution in [0.3, 0.4) is 0 Å². The average molecular weight is 550 g/mol. The zero-order chi connectivity index (χ0) is 27.2. The summed E-state index contributed by atoms with van der Waals surface area (Å²) in [6.45, 7) is 0. The van der Waals surface area contributed by atoms with E-state index in [-0.39, 0.29) is 17.6 Å². The predicted molar refractivity (Wildman–Crippen MR) is 172 cm³/mol. The van der Waals surface area contributed by atoms with Gasteiger partial charge in [-0.15, -0.1) is 0 Å². The Kier molecular flexibility index (Phi) is 6.16. The third-order valence-electron chi connectivity index (χ3n) is 8.47. The van der Waals surface area contributed by atoms with E-state index in [1.54, 1.807) is 0 Å². The highest BCUT2D eigenvalue weighted by Gasteiger charge is 2.31. The Balaban J connectivity index is 1.15. The topological polar surface area (TPSA) is 36.1 Å². The molecule has 3 nitrogen and oxygen atoms in total. The molecule has 5 aromatic carbocycles. The van der Waals surface area contributed by atoms with Gasteiger partial charge in [-0.2, -0.15) is 0 Å². The molecular formula is C37H31N3S. The number of benzene rings is 5. The van der Waals surface area contributed by atoms with Crippen molar-refractivity contribution >= 4 is 33.9 Å². The van der Waals surface area contributed by atoms with Gasteiger partial charge in [0.1, 0.15) is 11.5 Å². The second-order valence-corrected chi connectivity index (χ2v) is 12.2. The van der Waals surface area contributed by atoms with Crippen molar-refractivity contribution in [3.05, 3.63) is 166 Å². The van der Waals surface area contributed by atoms with Gasteiger partial charge >= 0.3 is 0 Å². The van der Waals surface area contributed by atoms with Gasteiger partial charge in [0.2, 0.25) is 0 Å². The number of rotatable bonds is 4. The maximum atomic E-state index is 3.89. The summed E-state index contributed by atoms with van der Waals surface area (Å²) in [6, 6.07) is 43.9. The van der Waals surface area contributed by atoms with Crippen LogP contribution in [0.25, 0.3) is 22.2 Å². The van der Waals surface area contributed by atoms with Crippen LogP contribution in [0.15, 0.2) is 132 Å². The van der Waals surface area contributed by atoms with Gasteiger partial charge in [-0.05, 0) is 63.6 Å². The first-order chi connectivity index (χ1) is 20.3. The van der Waals surface area contributed by atoms with E-state index >= 15 is 0 Å². The summed E-state index contributed by atoms with van der Waals surface area (Å²) < 4.78 is 0. The smallest absolute Gasteiger partial charge is 0.104 e. The molecule has 41 heavy (non-hydrogen) atoms. The molecule has 0 fully saturated rings. The highest BCUT2D eigenvalue weighted by molar-refractivity contribution is 8.03. The lowest BCUT2D eigenvalue weighted by Gasteiger charge is -2.33. The Morgan fingerprint density at radius 1 is 0.634 bits per heavy atom. The van der Waals surface area contributed by atoms with Gasteiger partial charge in [0.15, 0.2) is 0 Å². The third-order valence-corrected chi connectivity index (χ3v) is 9.79. The van der Waals surface area contributed by atoms with Gasteiger partial charge in [0, 0.05) is 16.2 Å². The van der Waals surface area contributed by atoms with E-state index in [9.17, 15) is 0 Å². The van der Waals surface area contributed by atoms with Crippen LogP contribution in [0.2, 0.25) is 0 Å². The van der Waals surface area contributed by atoms with Crippen molar-refractivity contribution in [2.24, 2.45) is 0 Å². The van der Waals surface area contributed by atoms with Gasteiger partial charge < -0.3 is 10.6 Å². The standard InChI is InChI=1S/C37H31N3S/c1-4-10-24(11-5-1)31-23-32(25-12-6-2-7-13-25)39-36(38-31)29-18-20-30-28(22-29)17-16-26-19-21-33-35(34(26)30)40-37(41-33)27-14-8-3-9-15-27/h1-18,20,22-23,31,36-40H,19,21H2. The molecule has 3 atom stereocenters. The number of aryl methyl sites for hydroxylation is 1. The summed E-state index contributed by atoms with van der Waals surface area (Å²) in [6.07, 6.45) is 4.49. The van der Waals surface area contributed by atoms with E-state index in [4.69, 9.17) is 0 Å². The summed E-state index contributed by atoms with van der Waals surface area (Å²) in [7, 11) is 0. The first kappa shape index (κ1) is 24.5. The average Bonchev–Trinajstić information content (AvgIpc) is 3.50. The minimum absolute atomic E-state index is 0.0155. The summed E-state index contributed by atoms with van der Waals surface area (Å²) in [4.78, 5) is 1.49. The fourth-order valence-electron chi connectivity index (χ4n) is 6.41. The predicted octanol–water partition coefficient (Wildman–Crippen LogP) is 8.46. The van der Waals surface area contributed by atoms with Gasteiger partial charge in [-0.3, -0.25) is 5.32 Å². The van der Waals surface area contributed by atoms with E-state index in [2.05, 4.69) is 143 Å². The van der Waals surface area contributed by atoms with Gasteiger partial charge in [0.25, 0.3) is 0 Å². The lowest BCUT2D eigenvalue weighted by molar-refractivity contribution is 0.443. The summed E-state index contributed by atoms with van der Waals surface area (Å²) in [5.74, 6) is 0. The molecule has 8 rings (SSSR count). The highest BCUT2D eigenvalue weighted by Crippen LogP contribution is 2.50. The van der Waals surface area contributed by atoms with Crippen molar-refractivity contribution in [3.8, 4) is 0 Å². The Bertz CT molecular complexity index is 1790. The van der Waals surface area contributed by atoms with Crippen molar-refractivity contribution in [1.82, 2.24) is 16.0 Å². The van der Waals surface area contributed by atoms with Crippen LogP contribution in [-0.4, -0.2) is 0 Å². The third kappa shape index (κ3) is 4.54. The molecule has 0 amide bonds. The lowest BCUT2D eigenvalue weighted by Crippen LogP contribution is -2.39. The molecule has 3 N–H and O–H groups in total. The Labute approximate surface area is 245 Å². The SMILES string of the molecule is C1=C(c2ccccc2)NC(c2ccc3c4c(ccc3c2)CCC2=C4NC(c3ccccc3)S2)NC1c1ccccc1. The van der Waals surface area contributed by atoms with Crippen LogP contribution >= 0.6 is 11.8 Å². The molecule has 5 aromatic rings. The molecule has 2 aliphatic heterocycles. The summed E-state index contributed by atoms with van der Waals surface area (Å²) >= 11 is 1.98. The molecule has 0 aromatic heterocycles. The molecule has 0 saturated carbocycles. The van der Waals surface area contributed by atoms with E-state index in [0.717, 1.165) is 18.5 Å². The molecule has 3 aliphatic rings. The quantitative estimate of drug-likeness (QED) is 0.210. The summed E-state index contributed by atoms with van der Waals surface area (Å²) in [5.41, 5.74) is 10.3. The highest BCUT2D eigenvalue weighted by atomic mass is 32.2. The van der Waals surface area contributed by atoms with E-state index in [1.807, 2.05) is 11.8 Å². The van der Waals surface area contributed by atoms with Crippen LogP contribution in [-0.2, 0) is 6.42 Å². The van der Waals surface area contributed by atoms with Crippen molar-refractivity contribution in [1.29, 1.82) is 0 Å². The minimum Gasteiger partial charge on any atom is -0.368 e. The second-order valence-electron chi connectivity index (χ2n) is 11.0. The molecule has 0 spiro atoms. The monoisotopic (exact) mass is 549 g/mol. The van der Waals surface area contributed by atoms with Crippen molar-refractivity contribution in [2.45, 2.75) is 30.4 Å². The van der Waals surface area contributed by atoms with Gasteiger partial charge in [-0.1, -0.05) is 127 Å². The first-order valence-corrected chi connectivity index (χ1v) is 15.3. The normalized spacial score (nSPS) is 21.5. The number of nitrogens with one attached hydrogen (secondary N) is 3. The van der Waals surface area contributed by atoms with E-state index < -0.39 is 0 Å². The zero-order valence-corrected chi connectivity index (χ0v) is 23.5. The lowest BCUT2D eigenvalue weighted by atomic mass is 9.88. The van der Waals surface area contributed by atoms with E-state index in [0.29, 0.717) is 0 Å². The Morgan fingerprint density at radius 3 is 2.15 bits per heavy atom. The second kappa shape index (κ2) is 10.3. The number of thioether (sulfide) groups is 1. The Hall–Kier alpha value is -4.25. The zero-order valence-electron chi connectivity index (χ0n) is 22.7. The van der Waals surface area contributed by atoms with Gasteiger partial charge in [0.05, 0.1) is 11.7 Å². The number of hydrogen-bond acceptors (Lipinski definition) is 4. The molecule has 0 radical (unpaired) electrons. The molecule has 2 heterocycles. The van der Waals surface area contributed by atoms with Crippen molar-refractivity contribution in [3.63, 3.8) is 0 Å². The first-order valence-electron chi connectivity index (χ1n) is 14.4. The van der Waals surface area contributed by atoms with Crippen LogP contribution in [0.4, 0.5) is 0 Å². The summed E-state index contributed by atoms with van der Waals surface area (Å²) in [5, 5.41) is 14.4. The maximum Gasteiger partial charge on any atom is 0.104 e. The number of hydrogen-bond donors (Lipinski definition) is 3. The fraction of sp³-hybridized carbons (Fsp3) is 0.135. The Morgan fingerprint density at radius 2 is 1.37 bits per heavy atom. The molecule has 4 heteroatoms. The molecule has 200 valence electrons. The molecule has 0 bridgehead atoms. The molecular weight excluding hydrogens is 518 g/mol. The van der Waals surface area contributed by atoms with E-state index in [1.165, 1.54) is 54.8 Å². The minimum atomic E-state index is -0.0155. The van der Waals surface area contributed by atoms with Crippen molar-refractivity contribution in [2.75, 3.05) is 0 Å². The maximum absolute atomic E-state index is 3.89. The largest absolute Gasteiger partial charge is 0.368 e.